The maximum absolute atomic E-state index is 11.5. The van der Waals surface area contributed by atoms with Crippen molar-refractivity contribution in [2.75, 3.05) is 26.1 Å². The second-order valence-corrected chi connectivity index (χ2v) is 8.38. The molecule has 1 amide bonds. The highest BCUT2D eigenvalue weighted by atomic mass is 32.2. The fourth-order valence-electron chi connectivity index (χ4n) is 3.49. The molecule has 186 valence electrons. The van der Waals surface area contributed by atoms with Gasteiger partial charge in [0.2, 0.25) is 0 Å². The Hall–Kier alpha value is -4.30. The maximum atomic E-state index is 11.5. The van der Waals surface area contributed by atoms with E-state index in [0.717, 1.165) is 21.4 Å². The van der Waals surface area contributed by atoms with Gasteiger partial charge in [-0.15, -0.1) is 0 Å². The van der Waals surface area contributed by atoms with Crippen LogP contribution in [0.3, 0.4) is 0 Å². The number of nitrogens with one attached hydrogen (secondary N) is 2. The zero-order chi connectivity index (χ0) is 25.5. The van der Waals surface area contributed by atoms with Crippen LogP contribution in [0.15, 0.2) is 52.1 Å². The molecule has 0 spiro atoms. The number of nitrogens with zero attached hydrogens (tertiary/aromatic N) is 3. The molecule has 0 aliphatic carbocycles. The molecule has 0 saturated carbocycles. The molecule has 11 heteroatoms. The largest absolute Gasteiger partial charge is 0.497 e. The van der Waals surface area contributed by atoms with Crippen LogP contribution in [-0.2, 0) is 17.9 Å². The number of methoxy groups -OCH3 is 3. The Bertz CT molecular complexity index is 1440. The number of ether oxygens (including phenoxy) is 3. The van der Waals surface area contributed by atoms with Crippen LogP contribution >= 0.6 is 11.9 Å². The standard InChI is InChI=1S/C25H25N5O5S/c1-5-6-23(31)26-12-17-13-27-30(15-17)14-16-9-20(34-4)24-21(10-16)35-28-25(24)29-36-22-8-7-18(32-2)11-19(22)33-3/h7-11,13,15H,12,14H2,1-4H3,(H,26,31)(H,28,29). The monoisotopic (exact) mass is 507 g/mol. The molecule has 0 bridgehead atoms. The lowest BCUT2D eigenvalue weighted by atomic mass is 10.1. The minimum Gasteiger partial charge on any atom is -0.497 e. The summed E-state index contributed by atoms with van der Waals surface area (Å²) in [5, 5.41) is 12.0. The molecule has 0 unspecified atom stereocenters. The summed E-state index contributed by atoms with van der Waals surface area (Å²) in [4.78, 5) is 12.4. The van der Waals surface area contributed by atoms with E-state index in [9.17, 15) is 4.79 Å². The highest BCUT2D eigenvalue weighted by molar-refractivity contribution is 8.00. The van der Waals surface area contributed by atoms with E-state index in [1.807, 2.05) is 36.5 Å². The van der Waals surface area contributed by atoms with Gasteiger partial charge in [-0.1, -0.05) is 11.1 Å². The van der Waals surface area contributed by atoms with Gasteiger partial charge in [0, 0.05) is 24.4 Å². The van der Waals surface area contributed by atoms with Crippen LogP contribution in [0.5, 0.6) is 17.2 Å². The molecule has 0 atom stereocenters. The van der Waals surface area contributed by atoms with Crippen LogP contribution < -0.4 is 24.2 Å². The Kier molecular flexibility index (Phi) is 7.87. The Labute approximate surface area is 212 Å². The third kappa shape index (κ3) is 5.67. The number of fused-ring (bicyclic) bond motifs is 1. The van der Waals surface area contributed by atoms with Gasteiger partial charge in [-0.3, -0.25) is 9.48 Å². The SMILES string of the molecule is CC#CC(=O)NCc1cnn(Cc2cc(OC)c3c(NSc4ccc(OC)cc4OC)noc3c2)c1. The molecule has 10 nitrogen and oxygen atoms in total. The Morgan fingerprint density at radius 3 is 2.69 bits per heavy atom. The van der Waals surface area contributed by atoms with Crippen molar-refractivity contribution in [1.82, 2.24) is 20.3 Å². The lowest BCUT2D eigenvalue weighted by molar-refractivity contribution is -0.115. The van der Waals surface area contributed by atoms with Gasteiger partial charge >= 0.3 is 0 Å². The molecule has 0 aliphatic heterocycles. The number of aromatic nitrogens is 3. The number of amides is 1. The second kappa shape index (κ2) is 11.4. The summed E-state index contributed by atoms with van der Waals surface area (Å²) in [6.45, 7) is 2.45. The minimum absolute atomic E-state index is 0.321. The first-order valence-corrected chi connectivity index (χ1v) is 11.7. The highest BCUT2D eigenvalue weighted by Gasteiger charge is 2.17. The lowest BCUT2D eigenvalue weighted by Crippen LogP contribution is -2.20. The molecule has 2 aromatic heterocycles. The van der Waals surface area contributed by atoms with Gasteiger partial charge in [0.05, 0.1) is 39.0 Å². The van der Waals surface area contributed by atoms with Gasteiger partial charge in [-0.2, -0.15) is 5.10 Å². The predicted molar refractivity (Wildman–Crippen MR) is 136 cm³/mol. The summed E-state index contributed by atoms with van der Waals surface area (Å²) < 4.78 is 27.0. The van der Waals surface area contributed by atoms with E-state index in [1.165, 1.54) is 11.9 Å². The molecule has 0 saturated heterocycles. The molecule has 36 heavy (non-hydrogen) atoms. The first-order valence-electron chi connectivity index (χ1n) is 10.9. The number of hydrogen-bond acceptors (Lipinski definition) is 9. The summed E-state index contributed by atoms with van der Waals surface area (Å²) in [5.41, 5.74) is 2.36. The summed E-state index contributed by atoms with van der Waals surface area (Å²) in [7, 11) is 4.81. The molecule has 2 heterocycles. The topological polar surface area (TPSA) is 113 Å². The van der Waals surface area contributed by atoms with E-state index in [-0.39, 0.29) is 5.91 Å². The van der Waals surface area contributed by atoms with Crippen LogP contribution in [0.2, 0.25) is 0 Å². The zero-order valence-electron chi connectivity index (χ0n) is 20.2. The molecule has 4 aromatic rings. The van der Waals surface area contributed by atoms with Crippen LogP contribution in [0.1, 0.15) is 18.1 Å². The lowest BCUT2D eigenvalue weighted by Gasteiger charge is -2.10. The van der Waals surface area contributed by atoms with Gasteiger partial charge in [-0.25, -0.2) is 0 Å². The van der Waals surface area contributed by atoms with Crippen molar-refractivity contribution in [3.63, 3.8) is 0 Å². The molecule has 4 rings (SSSR count). The number of anilines is 1. The van der Waals surface area contributed by atoms with E-state index in [1.54, 1.807) is 39.1 Å². The van der Waals surface area contributed by atoms with Gasteiger partial charge in [0.15, 0.2) is 11.4 Å². The molecule has 0 radical (unpaired) electrons. The van der Waals surface area contributed by atoms with Crippen molar-refractivity contribution in [1.29, 1.82) is 0 Å². The fraction of sp³-hybridized carbons (Fsp3) is 0.240. The van der Waals surface area contributed by atoms with E-state index >= 15 is 0 Å². The van der Waals surface area contributed by atoms with Crippen LogP contribution in [-0.4, -0.2) is 42.2 Å². The summed E-state index contributed by atoms with van der Waals surface area (Å²) >= 11 is 1.34. The third-order valence-electron chi connectivity index (χ3n) is 5.17. The normalized spacial score (nSPS) is 10.4. The molecular formula is C25H25N5O5S. The maximum Gasteiger partial charge on any atom is 0.296 e. The van der Waals surface area contributed by atoms with Crippen LogP contribution in [0, 0.1) is 11.8 Å². The fourth-order valence-corrected chi connectivity index (χ4v) is 4.21. The average molecular weight is 508 g/mol. The molecular weight excluding hydrogens is 482 g/mol. The van der Waals surface area contributed by atoms with Crippen molar-refractivity contribution in [2.45, 2.75) is 24.9 Å². The average Bonchev–Trinajstić information content (AvgIpc) is 3.52. The number of rotatable bonds is 10. The Morgan fingerprint density at radius 2 is 1.94 bits per heavy atom. The number of carbonyl (C=O) groups is 1. The van der Waals surface area contributed by atoms with Crippen molar-refractivity contribution >= 4 is 34.6 Å². The molecule has 0 fully saturated rings. The van der Waals surface area contributed by atoms with Crippen LogP contribution in [0.25, 0.3) is 11.0 Å². The predicted octanol–water partition coefficient (Wildman–Crippen LogP) is 3.86. The summed E-state index contributed by atoms with van der Waals surface area (Å²) in [5.74, 6) is 7.22. The highest BCUT2D eigenvalue weighted by Crippen LogP contribution is 2.38. The van der Waals surface area contributed by atoms with Crippen molar-refractivity contribution < 1.29 is 23.5 Å². The van der Waals surface area contributed by atoms with Crippen molar-refractivity contribution in [3.05, 3.63) is 53.9 Å². The number of carbonyl (C=O) groups excluding carboxylic acids is 1. The summed E-state index contributed by atoms with van der Waals surface area (Å²) in [6, 6.07) is 9.38. The van der Waals surface area contributed by atoms with E-state index < -0.39 is 0 Å². The first kappa shape index (κ1) is 24.8. The second-order valence-electron chi connectivity index (χ2n) is 7.53. The van der Waals surface area contributed by atoms with Gasteiger partial charge in [0.1, 0.15) is 22.6 Å². The number of benzene rings is 2. The summed E-state index contributed by atoms with van der Waals surface area (Å²) in [6.07, 6.45) is 3.57. The Morgan fingerprint density at radius 1 is 1.11 bits per heavy atom. The van der Waals surface area contributed by atoms with Crippen LogP contribution in [0.4, 0.5) is 5.82 Å². The van der Waals surface area contributed by atoms with E-state index in [0.29, 0.717) is 41.7 Å². The van der Waals surface area contributed by atoms with Gasteiger partial charge in [0.25, 0.3) is 5.91 Å². The Balaban J connectivity index is 1.49. The quantitative estimate of drug-likeness (QED) is 0.244. The zero-order valence-corrected chi connectivity index (χ0v) is 21.1. The van der Waals surface area contributed by atoms with Crippen molar-refractivity contribution in [3.8, 4) is 29.1 Å². The molecule has 2 aromatic carbocycles. The van der Waals surface area contributed by atoms with E-state index in [4.69, 9.17) is 18.7 Å². The van der Waals surface area contributed by atoms with Crippen molar-refractivity contribution in [2.24, 2.45) is 0 Å². The molecule has 0 aliphatic rings. The van der Waals surface area contributed by atoms with Gasteiger partial charge < -0.3 is 28.8 Å². The number of hydrogen-bond donors (Lipinski definition) is 2. The smallest absolute Gasteiger partial charge is 0.296 e. The minimum atomic E-state index is -0.321. The first-order chi connectivity index (χ1) is 17.5. The molecule has 2 N–H and O–H groups in total. The third-order valence-corrected chi connectivity index (χ3v) is 6.02. The van der Waals surface area contributed by atoms with Gasteiger partial charge in [-0.05, 0) is 54.6 Å². The van der Waals surface area contributed by atoms with E-state index in [2.05, 4.69) is 32.1 Å².